The number of thioether (sulfide) groups is 1. The molecule has 0 aliphatic carbocycles. The van der Waals surface area contributed by atoms with E-state index >= 15 is 0 Å². The molecule has 0 saturated carbocycles. The maximum absolute atomic E-state index is 12.3. The van der Waals surface area contributed by atoms with Gasteiger partial charge in [-0.2, -0.15) is 0 Å². The number of hydrogen-bond donors (Lipinski definition) is 0. The number of esters is 2. The summed E-state index contributed by atoms with van der Waals surface area (Å²) in [5.41, 5.74) is 0. The number of hydroxylamine groups is 2. The quantitative estimate of drug-likeness (QED) is 0.0680. The van der Waals surface area contributed by atoms with Gasteiger partial charge in [0.25, 0.3) is 0 Å². The predicted molar refractivity (Wildman–Crippen MR) is 156 cm³/mol. The van der Waals surface area contributed by atoms with E-state index in [1.54, 1.807) is 7.05 Å². The lowest BCUT2D eigenvalue weighted by atomic mass is 10.1. The van der Waals surface area contributed by atoms with Gasteiger partial charge in [-0.25, -0.2) is 5.06 Å². The van der Waals surface area contributed by atoms with Crippen LogP contribution in [0.5, 0.6) is 0 Å². The van der Waals surface area contributed by atoms with Crippen molar-refractivity contribution in [2.75, 3.05) is 53.3 Å². The third kappa shape index (κ3) is 23.8. The summed E-state index contributed by atoms with van der Waals surface area (Å²) in [7, 11) is 5.58. The van der Waals surface area contributed by atoms with Crippen molar-refractivity contribution < 1.29 is 28.7 Å². The molecule has 0 aromatic heterocycles. The van der Waals surface area contributed by atoms with Crippen molar-refractivity contribution in [2.24, 2.45) is 5.92 Å². The van der Waals surface area contributed by atoms with Crippen LogP contribution in [0.15, 0.2) is 0 Å². The van der Waals surface area contributed by atoms with E-state index in [2.05, 4.69) is 18.7 Å². The molecule has 0 spiro atoms. The van der Waals surface area contributed by atoms with E-state index in [1.165, 1.54) is 55.4 Å². The van der Waals surface area contributed by atoms with Crippen LogP contribution in [0.25, 0.3) is 0 Å². The fourth-order valence-electron chi connectivity index (χ4n) is 3.71. The predicted octanol–water partition coefficient (Wildman–Crippen LogP) is 6.86. The number of unbranched alkanes of at least 4 members (excludes halogenated alkanes) is 10. The molecule has 224 valence electrons. The molecule has 9 heteroatoms. The Balaban J connectivity index is 4.50. The Hall–Kier alpha value is -1.32. The first-order chi connectivity index (χ1) is 18.3. The molecule has 8 nitrogen and oxygen atoms in total. The third-order valence-corrected chi connectivity index (χ3v) is 7.16. The molecular formula is C29H56N2O6S. The van der Waals surface area contributed by atoms with Gasteiger partial charge in [0, 0.05) is 25.6 Å². The van der Waals surface area contributed by atoms with Crippen LogP contribution in [-0.4, -0.2) is 80.4 Å². The number of amides is 1. The smallest absolute Gasteiger partial charge is 0.305 e. The van der Waals surface area contributed by atoms with Crippen molar-refractivity contribution in [3.8, 4) is 0 Å². The molecule has 0 radical (unpaired) electrons. The highest BCUT2D eigenvalue weighted by atomic mass is 32.2. The van der Waals surface area contributed by atoms with Gasteiger partial charge in [-0.3, -0.25) is 19.2 Å². The minimum atomic E-state index is -0.342. The minimum Gasteiger partial charge on any atom is -0.465 e. The maximum Gasteiger partial charge on any atom is 0.305 e. The first kappa shape index (κ1) is 36.7. The summed E-state index contributed by atoms with van der Waals surface area (Å²) in [5.74, 6) is -0.124. The summed E-state index contributed by atoms with van der Waals surface area (Å²) in [5, 5.41) is 1.03. The Labute approximate surface area is 236 Å². The first-order valence-corrected chi connectivity index (χ1v) is 15.8. The average molecular weight is 561 g/mol. The molecule has 0 aromatic rings. The van der Waals surface area contributed by atoms with Crippen LogP contribution in [0, 0.1) is 5.92 Å². The van der Waals surface area contributed by atoms with Gasteiger partial charge < -0.3 is 14.4 Å². The molecule has 0 bridgehead atoms. The molecule has 0 fully saturated rings. The van der Waals surface area contributed by atoms with E-state index in [-0.39, 0.29) is 42.9 Å². The van der Waals surface area contributed by atoms with E-state index in [1.807, 2.05) is 14.1 Å². The summed E-state index contributed by atoms with van der Waals surface area (Å²) >= 11 is 1.21. The average Bonchev–Trinajstić information content (AvgIpc) is 2.89. The van der Waals surface area contributed by atoms with Crippen molar-refractivity contribution in [1.82, 2.24) is 9.96 Å². The number of hydrogen-bond acceptors (Lipinski definition) is 8. The topological polar surface area (TPSA) is 85.4 Å². The van der Waals surface area contributed by atoms with Gasteiger partial charge in [0.1, 0.15) is 0 Å². The van der Waals surface area contributed by atoms with Crippen LogP contribution in [0.1, 0.15) is 110 Å². The molecule has 0 heterocycles. The van der Waals surface area contributed by atoms with Gasteiger partial charge in [0.05, 0.1) is 25.7 Å². The Morgan fingerprint density at radius 2 is 1.13 bits per heavy atom. The van der Waals surface area contributed by atoms with E-state index in [0.717, 1.165) is 51.5 Å². The van der Waals surface area contributed by atoms with Gasteiger partial charge in [-0.1, -0.05) is 89.8 Å². The Bertz CT molecular complexity index is 574. The molecule has 1 amide bonds. The third-order valence-electron chi connectivity index (χ3n) is 6.17. The number of ether oxygens (including phenoxy) is 2. The molecule has 0 aromatic carbocycles. The molecule has 38 heavy (non-hydrogen) atoms. The zero-order valence-electron chi connectivity index (χ0n) is 25.0. The zero-order chi connectivity index (χ0) is 28.4. The molecule has 0 aliphatic heterocycles. The minimum absolute atomic E-state index is 0.0942. The van der Waals surface area contributed by atoms with Gasteiger partial charge in [0.2, 0.25) is 0 Å². The van der Waals surface area contributed by atoms with Crippen molar-refractivity contribution in [2.45, 2.75) is 110 Å². The Morgan fingerprint density at radius 1 is 0.658 bits per heavy atom. The second-order valence-electron chi connectivity index (χ2n) is 10.3. The van der Waals surface area contributed by atoms with Crippen LogP contribution in [0.3, 0.4) is 0 Å². The molecular weight excluding hydrogens is 504 g/mol. The fourth-order valence-corrected chi connectivity index (χ4v) is 4.39. The number of rotatable bonds is 25. The summed E-state index contributed by atoms with van der Waals surface area (Å²) in [6.07, 6.45) is 14.9. The monoisotopic (exact) mass is 560 g/mol. The Morgan fingerprint density at radius 3 is 1.61 bits per heavy atom. The largest absolute Gasteiger partial charge is 0.465 e. The fraction of sp³-hybridized carbons (Fsp3) is 0.897. The van der Waals surface area contributed by atoms with Gasteiger partial charge >= 0.3 is 17.2 Å². The number of carbonyl (C=O) groups excluding carboxylic acids is 3. The second-order valence-corrected chi connectivity index (χ2v) is 11.4. The van der Waals surface area contributed by atoms with E-state index in [4.69, 9.17) is 14.3 Å². The zero-order valence-corrected chi connectivity index (χ0v) is 25.8. The standard InChI is InChI=1S/C29H56N2O6S/c1-6-8-10-12-14-16-19-27(32)35-23-26(24-36-28(33)20-17-15-13-11-9-7-2)25-37-31(5)29(34)38-22-18-21-30(3)4/h26H,6-25H2,1-5H3. The number of nitrogens with zero attached hydrogens (tertiary/aromatic N) is 2. The molecule has 0 rings (SSSR count). The molecule has 0 aliphatic rings. The lowest BCUT2D eigenvalue weighted by Crippen LogP contribution is -2.31. The highest BCUT2D eigenvalue weighted by molar-refractivity contribution is 8.13. The number of carbonyl (C=O) groups is 3. The van der Waals surface area contributed by atoms with Gasteiger partial charge in [0.15, 0.2) is 0 Å². The lowest BCUT2D eigenvalue weighted by molar-refractivity contribution is -0.156. The van der Waals surface area contributed by atoms with E-state index in [9.17, 15) is 14.4 Å². The summed E-state index contributed by atoms with van der Waals surface area (Å²) in [6.45, 7) is 5.59. The highest BCUT2D eigenvalue weighted by Gasteiger charge is 2.19. The van der Waals surface area contributed by atoms with Crippen LogP contribution in [0.2, 0.25) is 0 Å². The van der Waals surface area contributed by atoms with Crippen LogP contribution in [0.4, 0.5) is 4.79 Å². The van der Waals surface area contributed by atoms with Crippen molar-refractivity contribution in [1.29, 1.82) is 0 Å². The molecule has 0 N–H and O–H groups in total. The van der Waals surface area contributed by atoms with E-state index in [0.29, 0.717) is 18.6 Å². The first-order valence-electron chi connectivity index (χ1n) is 14.8. The van der Waals surface area contributed by atoms with E-state index < -0.39 is 0 Å². The normalized spacial score (nSPS) is 11.2. The second kappa shape index (κ2) is 25.9. The molecule has 0 unspecified atom stereocenters. The van der Waals surface area contributed by atoms with Gasteiger partial charge in [-0.15, -0.1) is 0 Å². The van der Waals surface area contributed by atoms with Crippen LogP contribution >= 0.6 is 11.8 Å². The van der Waals surface area contributed by atoms with Crippen LogP contribution in [-0.2, 0) is 23.9 Å². The van der Waals surface area contributed by atoms with Crippen molar-refractivity contribution >= 4 is 28.9 Å². The SMILES string of the molecule is CCCCCCCCC(=O)OCC(COC(=O)CCCCCCCC)CON(C)C(=O)SCCCN(C)C. The summed E-state index contributed by atoms with van der Waals surface area (Å²) in [4.78, 5) is 44.5. The molecule has 0 atom stereocenters. The lowest BCUT2D eigenvalue weighted by Gasteiger charge is -2.21. The van der Waals surface area contributed by atoms with Crippen molar-refractivity contribution in [3.05, 3.63) is 0 Å². The summed E-state index contributed by atoms with van der Waals surface area (Å²) in [6, 6.07) is 0. The maximum atomic E-state index is 12.3. The molecule has 0 saturated heterocycles. The van der Waals surface area contributed by atoms with Crippen molar-refractivity contribution in [3.63, 3.8) is 0 Å². The highest BCUT2D eigenvalue weighted by Crippen LogP contribution is 2.13. The van der Waals surface area contributed by atoms with Gasteiger partial charge in [-0.05, 0) is 39.9 Å². The summed E-state index contributed by atoms with van der Waals surface area (Å²) < 4.78 is 10.9. The Kier molecular flexibility index (Phi) is 25.0. The van der Waals surface area contributed by atoms with Crippen LogP contribution < -0.4 is 0 Å².